The fraction of sp³-hybridized carbons (Fsp3) is 0.305. The number of hydrogen-bond acceptors (Lipinski definition) is 17. The molecule has 0 radical (unpaired) electrons. The maximum Gasteiger partial charge on any atom is 0.409 e. The molecule has 3 aliphatic heterocycles. The minimum absolute atomic E-state index is 0.141. The number of ether oxygens (including phenoxy) is 1. The van der Waals surface area contributed by atoms with Crippen LogP contribution in [0.1, 0.15) is 45.4 Å². The van der Waals surface area contributed by atoms with Gasteiger partial charge in [-0.3, -0.25) is 19.3 Å². The van der Waals surface area contributed by atoms with Gasteiger partial charge in [-0.1, -0.05) is 89.4 Å². The van der Waals surface area contributed by atoms with Crippen LogP contribution in [0, 0.1) is 11.3 Å². The number of pyridine rings is 3. The number of aromatic amines is 3. The lowest BCUT2D eigenvalue weighted by atomic mass is 10.1. The molecule has 1 amide bonds. The van der Waals surface area contributed by atoms with Crippen molar-refractivity contribution < 1.29 is 9.53 Å². The van der Waals surface area contributed by atoms with E-state index in [-0.39, 0.29) is 34.9 Å². The van der Waals surface area contributed by atoms with Crippen molar-refractivity contribution in [2.75, 3.05) is 68.4 Å². The monoisotopic (exact) mass is 1180 g/mol. The van der Waals surface area contributed by atoms with Crippen LogP contribution in [0.3, 0.4) is 0 Å². The van der Waals surface area contributed by atoms with E-state index in [1.54, 1.807) is 72.9 Å². The average molecular weight is 1180 g/mol. The van der Waals surface area contributed by atoms with Crippen LogP contribution in [-0.2, 0) is 4.74 Å². The first-order valence-corrected chi connectivity index (χ1v) is 28.5. The van der Waals surface area contributed by atoms with Gasteiger partial charge in [-0.25, -0.2) is 19.7 Å². The molecule has 0 bridgehead atoms. The van der Waals surface area contributed by atoms with Crippen molar-refractivity contribution in [2.45, 2.75) is 63.6 Å². The van der Waals surface area contributed by atoms with Gasteiger partial charge in [-0.05, 0) is 94.9 Å². The van der Waals surface area contributed by atoms with Crippen LogP contribution in [-0.4, -0.2) is 131 Å². The molecular formula is C59H59Cl3N16O5. The van der Waals surface area contributed by atoms with Crippen molar-refractivity contribution in [1.82, 2.24) is 60.0 Å². The van der Waals surface area contributed by atoms with E-state index in [1.807, 2.05) is 48.5 Å². The van der Waals surface area contributed by atoms with Gasteiger partial charge in [-0.15, -0.1) is 0 Å². The SMILES string of the molecule is CCOC(=O)N1CCC(Nc2ncc3cc(-c4ccccc4Cl)c(=O)[nH]c3n2)CC1.N#CCN1CCC(Nc2ncc3cc(-c4ccccc4Cl)c(=O)[nH]c3n2)CC1.O=c1[nH]c2nc(NC3CCNCC3)ncc2cc1-c1ccccc1Cl. The summed E-state index contributed by atoms with van der Waals surface area (Å²) < 4.78 is 5.04. The van der Waals surface area contributed by atoms with Crippen molar-refractivity contribution in [1.29, 1.82) is 5.26 Å². The number of nitriles is 1. The first-order chi connectivity index (χ1) is 40.4. The summed E-state index contributed by atoms with van der Waals surface area (Å²) in [5, 5.41) is 25.9. The maximum absolute atomic E-state index is 12.6. The zero-order valence-electron chi connectivity index (χ0n) is 45.2. The Morgan fingerprint density at radius 2 is 0.928 bits per heavy atom. The fourth-order valence-electron chi connectivity index (χ4n) is 10.1. The van der Waals surface area contributed by atoms with Gasteiger partial charge in [0.2, 0.25) is 17.8 Å². The molecule has 0 aliphatic carbocycles. The molecule has 9 heterocycles. The number of piperidine rings is 3. The van der Waals surface area contributed by atoms with Crippen molar-refractivity contribution in [2.24, 2.45) is 0 Å². The molecule has 3 aromatic carbocycles. The van der Waals surface area contributed by atoms with Crippen LogP contribution in [0.15, 0.2) is 124 Å². The van der Waals surface area contributed by atoms with Crippen LogP contribution in [0.4, 0.5) is 22.6 Å². The first-order valence-electron chi connectivity index (χ1n) is 27.4. The molecule has 21 nitrogen and oxygen atoms in total. The topological polar surface area (TPSA) is 281 Å². The molecule has 0 unspecified atom stereocenters. The Balaban J connectivity index is 0.000000140. The Morgan fingerprint density at radius 3 is 1.29 bits per heavy atom. The summed E-state index contributed by atoms with van der Waals surface area (Å²) in [4.78, 5) is 88.3. The van der Waals surface area contributed by atoms with Crippen LogP contribution in [0.25, 0.3) is 66.5 Å². The second-order valence-corrected chi connectivity index (χ2v) is 21.3. The van der Waals surface area contributed by atoms with Gasteiger partial charge in [0.05, 0.1) is 19.2 Å². The number of aromatic nitrogens is 9. The number of halogens is 3. The number of amides is 1. The largest absolute Gasteiger partial charge is 0.450 e. The molecule has 3 aliphatic rings. The Morgan fingerprint density at radius 1 is 0.566 bits per heavy atom. The molecule has 6 aromatic heterocycles. The van der Waals surface area contributed by atoms with Gasteiger partial charge in [0.15, 0.2) is 0 Å². The number of nitrogens with one attached hydrogen (secondary N) is 7. The molecule has 12 rings (SSSR count). The maximum atomic E-state index is 12.6. The van der Waals surface area contributed by atoms with E-state index in [4.69, 9.17) is 44.8 Å². The molecule has 3 saturated heterocycles. The van der Waals surface area contributed by atoms with E-state index >= 15 is 0 Å². The highest BCUT2D eigenvalue weighted by atomic mass is 35.5. The smallest absolute Gasteiger partial charge is 0.409 e. The molecule has 7 N–H and O–H groups in total. The highest BCUT2D eigenvalue weighted by molar-refractivity contribution is 6.34. The second kappa shape index (κ2) is 27.0. The standard InChI is InChI=1S/C21H22ClN5O3.C20H19ClN6O.C18H18ClN5O/c1-2-30-21(29)27-9-7-14(8-10-27)24-20-23-12-13-11-16(19(28)25-18(13)26-20)15-5-3-4-6-17(15)22;21-17-4-2-1-3-15(17)16-11-13-12-23-20(26-18(13)25-19(16)28)24-14-5-8-27(9-6-14)10-7-22;19-15-4-2-1-3-13(15)14-9-11-10-21-18(24-16(11)23-17(14)25)22-12-5-7-20-8-6-12/h3-6,11-12,14H,2,7-10H2,1H3,(H2,23,24,25,26,28);1-4,11-12,14H,5-6,8-10H2,(H2,23,24,25,26,28);1-4,9-10,12,20H,5-8H2,(H2,21,22,23,24,25). The van der Waals surface area contributed by atoms with Crippen LogP contribution >= 0.6 is 34.8 Å². The fourth-order valence-corrected chi connectivity index (χ4v) is 10.8. The number of likely N-dealkylation sites (tertiary alicyclic amines) is 2. The van der Waals surface area contributed by atoms with E-state index < -0.39 is 0 Å². The summed E-state index contributed by atoms with van der Waals surface area (Å²) in [5.74, 6) is 1.48. The normalized spacial score (nSPS) is 15.1. The minimum atomic E-state index is -0.273. The van der Waals surface area contributed by atoms with Crippen LogP contribution in [0.2, 0.25) is 15.1 Å². The van der Waals surface area contributed by atoms with Gasteiger partial charge < -0.3 is 45.9 Å². The number of nitrogens with zero attached hydrogens (tertiary/aromatic N) is 9. The lowest BCUT2D eigenvalue weighted by Gasteiger charge is -2.31. The molecule has 9 aromatic rings. The van der Waals surface area contributed by atoms with Gasteiger partial charge >= 0.3 is 6.09 Å². The van der Waals surface area contributed by atoms with Crippen molar-refractivity contribution in [3.05, 3.63) is 156 Å². The number of hydrogen-bond donors (Lipinski definition) is 7. The highest BCUT2D eigenvalue weighted by Gasteiger charge is 2.25. The summed E-state index contributed by atoms with van der Waals surface area (Å²) in [5.41, 5.74) is 4.27. The number of fused-ring (bicyclic) bond motifs is 3. The van der Waals surface area contributed by atoms with Crippen molar-refractivity contribution in [3.8, 4) is 39.4 Å². The number of rotatable bonds is 11. The summed E-state index contributed by atoms with van der Waals surface area (Å²) >= 11 is 18.7. The van der Waals surface area contributed by atoms with Gasteiger partial charge in [0.1, 0.15) is 16.9 Å². The Labute approximate surface area is 491 Å². The third-order valence-corrected chi connectivity index (χ3v) is 15.5. The van der Waals surface area contributed by atoms with E-state index in [9.17, 15) is 19.2 Å². The highest BCUT2D eigenvalue weighted by Crippen LogP contribution is 2.30. The summed E-state index contributed by atoms with van der Waals surface area (Å²) in [6.45, 7) is 7.59. The quantitative estimate of drug-likeness (QED) is 0.0594. The lowest BCUT2D eigenvalue weighted by molar-refractivity contribution is 0.0983. The zero-order valence-corrected chi connectivity index (χ0v) is 47.5. The van der Waals surface area contributed by atoms with Crippen molar-refractivity contribution in [3.63, 3.8) is 0 Å². The lowest BCUT2D eigenvalue weighted by Crippen LogP contribution is -2.42. The molecular weight excluding hydrogens is 1120 g/mol. The van der Waals surface area contributed by atoms with E-state index in [0.717, 1.165) is 75.5 Å². The molecule has 426 valence electrons. The molecule has 0 spiro atoms. The Hall–Kier alpha value is -8.52. The second-order valence-electron chi connectivity index (χ2n) is 20.1. The minimum Gasteiger partial charge on any atom is -0.450 e. The van der Waals surface area contributed by atoms with E-state index in [1.165, 1.54) is 0 Å². The summed E-state index contributed by atoms with van der Waals surface area (Å²) in [7, 11) is 0. The number of H-pyrrole nitrogens is 3. The van der Waals surface area contributed by atoms with Gasteiger partial charge in [-0.2, -0.15) is 20.2 Å². The summed E-state index contributed by atoms with van der Waals surface area (Å²) in [6.07, 6.45) is 10.3. The molecule has 83 heavy (non-hydrogen) atoms. The number of benzene rings is 3. The number of anilines is 3. The van der Waals surface area contributed by atoms with Crippen molar-refractivity contribution >= 4 is 91.8 Å². The van der Waals surface area contributed by atoms with E-state index in [0.29, 0.717) is 121 Å². The van der Waals surface area contributed by atoms with E-state index in [2.05, 4.69) is 77.1 Å². The first kappa shape index (κ1) is 57.7. The zero-order chi connectivity index (χ0) is 57.8. The number of carbonyl (C=O) groups is 1. The predicted molar refractivity (Wildman–Crippen MR) is 325 cm³/mol. The summed E-state index contributed by atoms with van der Waals surface area (Å²) in [6, 6.07) is 30.0. The molecule has 0 atom stereocenters. The Bertz CT molecular complexity index is 4000. The van der Waals surface area contributed by atoms with Gasteiger partial charge in [0, 0.05) is 128 Å². The van der Waals surface area contributed by atoms with Gasteiger partial charge in [0.25, 0.3) is 16.7 Å². The predicted octanol–water partition coefficient (Wildman–Crippen LogP) is 9.51. The van der Waals surface area contributed by atoms with Crippen LogP contribution in [0.5, 0.6) is 0 Å². The molecule has 0 saturated carbocycles. The molecule has 3 fully saturated rings. The number of carbonyl (C=O) groups excluding carboxylic acids is 1. The van der Waals surface area contributed by atoms with Crippen LogP contribution < -0.4 is 37.9 Å². The third-order valence-electron chi connectivity index (χ3n) is 14.5. The third kappa shape index (κ3) is 14.4. The Kier molecular flexibility index (Phi) is 18.8. The average Bonchev–Trinajstić information content (AvgIpc) is 3.69. The molecule has 24 heteroatoms.